The molecule has 98 valence electrons. The number of hydrogen-bond acceptors (Lipinski definition) is 4. The van der Waals surface area contributed by atoms with Crippen molar-refractivity contribution in [1.29, 1.82) is 0 Å². The van der Waals surface area contributed by atoms with Crippen LogP contribution in [-0.4, -0.2) is 60.6 Å². The van der Waals surface area contributed by atoms with Gasteiger partial charge in [0.2, 0.25) is 0 Å². The van der Waals surface area contributed by atoms with Gasteiger partial charge in [0.25, 0.3) is 0 Å². The van der Waals surface area contributed by atoms with Crippen LogP contribution in [0.2, 0.25) is 0 Å². The van der Waals surface area contributed by atoms with Gasteiger partial charge in [0, 0.05) is 0 Å². The summed E-state index contributed by atoms with van der Waals surface area (Å²) in [7, 11) is 0. The molecule has 0 bridgehead atoms. The van der Waals surface area contributed by atoms with Crippen molar-refractivity contribution in [3.05, 3.63) is 0 Å². The van der Waals surface area contributed by atoms with Crippen LogP contribution in [0.1, 0.15) is 19.3 Å². The van der Waals surface area contributed by atoms with Gasteiger partial charge in [-0.3, -0.25) is 0 Å². The van der Waals surface area contributed by atoms with Gasteiger partial charge in [0.15, 0.2) is 0 Å². The molecule has 0 unspecified atom stereocenters. The van der Waals surface area contributed by atoms with Crippen LogP contribution < -0.4 is 0 Å². The maximum Gasteiger partial charge on any atom is -0.00109 e. The molecule has 4 heteroatoms. The molecule has 0 fully saturated rings. The Kier molecular flexibility index (Phi) is 15.0. The molecule has 0 aliphatic rings. The Hall–Kier alpha value is 1.01. The van der Waals surface area contributed by atoms with E-state index in [0.29, 0.717) is 0 Å². The highest BCUT2D eigenvalue weighted by atomic mass is 32.2. The first kappa shape index (κ1) is 17.0. The molecule has 0 aromatic heterocycles. The van der Waals surface area contributed by atoms with Crippen LogP contribution >= 0.6 is 35.3 Å². The minimum absolute atomic E-state index is 1.30. The van der Waals surface area contributed by atoms with Crippen LogP contribution in [0, 0.1) is 0 Å². The fourth-order valence-electron chi connectivity index (χ4n) is 1.63. The van der Waals surface area contributed by atoms with E-state index in [1.807, 2.05) is 35.3 Å². The molecule has 0 saturated carbocycles. The number of hydrogen-bond donors (Lipinski definition) is 0. The smallest absolute Gasteiger partial charge is 0.00109 e. The van der Waals surface area contributed by atoms with E-state index >= 15 is 0 Å². The average molecular weight is 282 g/mol. The van der Waals surface area contributed by atoms with Crippen LogP contribution in [0.5, 0.6) is 0 Å². The molecule has 1 nitrogen and oxygen atoms in total. The maximum absolute atomic E-state index is 2.66. The van der Waals surface area contributed by atoms with Crippen molar-refractivity contribution in [3.8, 4) is 0 Å². The van der Waals surface area contributed by atoms with Crippen molar-refractivity contribution in [2.45, 2.75) is 19.3 Å². The molecule has 0 aliphatic heterocycles. The zero-order valence-corrected chi connectivity index (χ0v) is 13.5. The molecule has 0 saturated heterocycles. The summed E-state index contributed by atoms with van der Waals surface area (Å²) in [6.45, 7) is 3.89. The van der Waals surface area contributed by atoms with Crippen molar-refractivity contribution in [3.63, 3.8) is 0 Å². The molecule has 0 radical (unpaired) electrons. The summed E-state index contributed by atoms with van der Waals surface area (Å²) in [5.74, 6) is 3.92. The lowest BCUT2D eigenvalue weighted by atomic mass is 10.3. The Balaban J connectivity index is 3.58. The third-order valence-corrected chi connectivity index (χ3v) is 4.56. The van der Waals surface area contributed by atoms with Gasteiger partial charge in [-0.1, -0.05) is 0 Å². The summed E-state index contributed by atoms with van der Waals surface area (Å²) in [6, 6.07) is 0. The molecule has 0 heterocycles. The van der Waals surface area contributed by atoms with Crippen molar-refractivity contribution in [1.82, 2.24) is 4.90 Å². The molecule has 0 aromatic rings. The minimum atomic E-state index is 1.30. The SMILES string of the molecule is CSCCCN(CCCSC)CCCSC. The molecular weight excluding hydrogens is 254 g/mol. The second kappa shape index (κ2) is 14.1. The first-order valence-corrected chi connectivity index (χ1v) is 10.2. The fourth-order valence-corrected chi connectivity index (χ4v) is 2.89. The van der Waals surface area contributed by atoms with Crippen molar-refractivity contribution < 1.29 is 0 Å². The summed E-state index contributed by atoms with van der Waals surface area (Å²) >= 11 is 5.90. The molecule has 0 aromatic carbocycles. The number of rotatable bonds is 12. The maximum atomic E-state index is 2.66. The minimum Gasteiger partial charge on any atom is -0.303 e. The van der Waals surface area contributed by atoms with Gasteiger partial charge in [-0.05, 0) is 74.9 Å². The van der Waals surface area contributed by atoms with Gasteiger partial charge in [0.1, 0.15) is 0 Å². The highest BCUT2D eigenvalue weighted by Gasteiger charge is 2.03. The Morgan fingerprint density at radius 2 is 0.938 bits per heavy atom. The second-order valence-corrected chi connectivity index (χ2v) is 6.84. The highest BCUT2D eigenvalue weighted by molar-refractivity contribution is 7.98. The standard InChI is InChI=1S/C12H27NS3/c1-14-10-4-7-13(8-5-11-15-2)9-6-12-16-3/h4-12H2,1-3H3. The number of thioether (sulfide) groups is 3. The normalized spacial score (nSPS) is 11.2. The molecule has 0 aliphatic carbocycles. The highest BCUT2D eigenvalue weighted by Crippen LogP contribution is 2.05. The van der Waals surface area contributed by atoms with Crippen molar-refractivity contribution >= 4 is 35.3 Å². The molecule has 0 spiro atoms. The van der Waals surface area contributed by atoms with Gasteiger partial charge in [-0.15, -0.1) is 0 Å². The third kappa shape index (κ3) is 11.5. The molecule has 16 heavy (non-hydrogen) atoms. The van der Waals surface area contributed by atoms with E-state index in [-0.39, 0.29) is 0 Å². The summed E-state index contributed by atoms with van der Waals surface area (Å²) in [6.07, 6.45) is 10.6. The predicted molar refractivity (Wildman–Crippen MR) is 85.4 cm³/mol. The average Bonchev–Trinajstić information content (AvgIpc) is 2.29. The monoisotopic (exact) mass is 281 g/mol. The van der Waals surface area contributed by atoms with Gasteiger partial charge in [0.05, 0.1) is 0 Å². The van der Waals surface area contributed by atoms with E-state index in [9.17, 15) is 0 Å². The summed E-state index contributed by atoms with van der Waals surface area (Å²) < 4.78 is 0. The predicted octanol–water partition coefficient (Wildman–Crippen LogP) is 3.55. The van der Waals surface area contributed by atoms with Gasteiger partial charge >= 0.3 is 0 Å². The summed E-state index contributed by atoms with van der Waals surface area (Å²) in [5, 5.41) is 0. The first-order chi connectivity index (χ1) is 7.85. The lowest BCUT2D eigenvalue weighted by Crippen LogP contribution is -2.28. The van der Waals surface area contributed by atoms with E-state index in [2.05, 4.69) is 23.7 Å². The van der Waals surface area contributed by atoms with Crippen molar-refractivity contribution in [2.75, 3.05) is 55.7 Å². The molecule has 0 atom stereocenters. The topological polar surface area (TPSA) is 3.24 Å². The van der Waals surface area contributed by atoms with Gasteiger partial charge < -0.3 is 4.90 Å². The van der Waals surface area contributed by atoms with E-state index in [1.165, 1.54) is 56.2 Å². The first-order valence-electron chi connectivity index (χ1n) is 6.04. The Morgan fingerprint density at radius 1 is 0.625 bits per heavy atom. The van der Waals surface area contributed by atoms with E-state index in [0.717, 1.165) is 0 Å². The largest absolute Gasteiger partial charge is 0.303 e. The van der Waals surface area contributed by atoms with Crippen LogP contribution in [0.25, 0.3) is 0 Å². The fraction of sp³-hybridized carbons (Fsp3) is 1.00. The van der Waals surface area contributed by atoms with Gasteiger partial charge in [-0.25, -0.2) is 0 Å². The van der Waals surface area contributed by atoms with Crippen LogP contribution in [0.4, 0.5) is 0 Å². The zero-order valence-electron chi connectivity index (χ0n) is 11.0. The Morgan fingerprint density at radius 3 is 1.19 bits per heavy atom. The lowest BCUT2D eigenvalue weighted by Gasteiger charge is -2.21. The quantitative estimate of drug-likeness (QED) is 0.503. The Labute approximate surface area is 115 Å². The molecule has 0 N–H and O–H groups in total. The molecule has 0 rings (SSSR count). The molecular formula is C12H27NS3. The van der Waals surface area contributed by atoms with Crippen LogP contribution in [0.3, 0.4) is 0 Å². The summed E-state index contributed by atoms with van der Waals surface area (Å²) in [4.78, 5) is 2.66. The third-order valence-electron chi connectivity index (χ3n) is 2.47. The van der Waals surface area contributed by atoms with E-state index in [4.69, 9.17) is 0 Å². The zero-order chi connectivity index (χ0) is 12.1. The number of nitrogens with zero attached hydrogens (tertiary/aromatic N) is 1. The Bertz CT molecular complexity index is 110. The second-order valence-electron chi connectivity index (χ2n) is 3.88. The summed E-state index contributed by atoms with van der Waals surface area (Å²) in [5.41, 5.74) is 0. The van der Waals surface area contributed by atoms with Gasteiger partial charge in [-0.2, -0.15) is 35.3 Å². The van der Waals surface area contributed by atoms with Crippen molar-refractivity contribution in [2.24, 2.45) is 0 Å². The van der Waals surface area contributed by atoms with E-state index < -0.39 is 0 Å². The van der Waals surface area contributed by atoms with Crippen LogP contribution in [-0.2, 0) is 0 Å². The lowest BCUT2D eigenvalue weighted by molar-refractivity contribution is 0.278. The molecule has 0 amide bonds. The van der Waals surface area contributed by atoms with E-state index in [1.54, 1.807) is 0 Å². The van der Waals surface area contributed by atoms with Crippen LogP contribution in [0.15, 0.2) is 0 Å².